The van der Waals surface area contributed by atoms with Crippen molar-refractivity contribution in [3.8, 4) is 11.5 Å². The van der Waals surface area contributed by atoms with Crippen LogP contribution < -0.4 is 0 Å². The van der Waals surface area contributed by atoms with Crippen LogP contribution in [-0.4, -0.2) is 29.5 Å². The van der Waals surface area contributed by atoms with Crippen molar-refractivity contribution >= 4 is 0 Å². The summed E-state index contributed by atoms with van der Waals surface area (Å²) in [6.07, 6.45) is 8.92. The number of H-pyrrole nitrogens is 1. The van der Waals surface area contributed by atoms with E-state index in [2.05, 4.69) is 24.9 Å². The first-order valence-electron chi connectivity index (χ1n) is 6.03. The van der Waals surface area contributed by atoms with E-state index in [1.807, 2.05) is 24.6 Å². The molecule has 0 fully saturated rings. The number of aryl methyl sites for hydroxylation is 2. The Labute approximate surface area is 110 Å². The second-order valence-corrected chi connectivity index (χ2v) is 4.40. The molecule has 1 N–H and O–H groups in total. The number of imidazole rings is 2. The van der Waals surface area contributed by atoms with Gasteiger partial charge in [0.2, 0.25) is 0 Å². The molecule has 0 bridgehead atoms. The molecule has 0 aliphatic rings. The molecule has 6 heteroatoms. The normalized spacial score (nSPS) is 10.8. The summed E-state index contributed by atoms with van der Waals surface area (Å²) in [5.41, 5.74) is 3.68. The number of nitrogens with zero attached hydrogens (tertiary/aromatic N) is 5. The van der Waals surface area contributed by atoms with E-state index >= 15 is 0 Å². The van der Waals surface area contributed by atoms with E-state index in [0.717, 1.165) is 28.6 Å². The van der Waals surface area contributed by atoms with Gasteiger partial charge in [0, 0.05) is 24.3 Å². The van der Waals surface area contributed by atoms with Gasteiger partial charge in [0.25, 0.3) is 0 Å². The first-order chi connectivity index (χ1) is 9.24. The molecule has 3 aromatic heterocycles. The van der Waals surface area contributed by atoms with Gasteiger partial charge >= 0.3 is 0 Å². The van der Waals surface area contributed by atoms with E-state index in [-0.39, 0.29) is 0 Å². The number of rotatable bonds is 3. The van der Waals surface area contributed by atoms with Crippen molar-refractivity contribution in [2.45, 2.75) is 20.4 Å². The lowest BCUT2D eigenvalue weighted by molar-refractivity contribution is 0.770. The fourth-order valence-corrected chi connectivity index (χ4v) is 1.91. The van der Waals surface area contributed by atoms with Gasteiger partial charge in [-0.1, -0.05) is 0 Å². The molecular weight excluding hydrogens is 240 g/mol. The van der Waals surface area contributed by atoms with Crippen LogP contribution in [0.1, 0.15) is 17.1 Å². The van der Waals surface area contributed by atoms with Gasteiger partial charge in [-0.25, -0.2) is 9.97 Å². The van der Waals surface area contributed by atoms with Crippen LogP contribution in [0.3, 0.4) is 0 Å². The van der Waals surface area contributed by atoms with Crippen LogP contribution in [-0.2, 0) is 6.54 Å². The summed E-state index contributed by atoms with van der Waals surface area (Å²) in [6.45, 7) is 4.54. The van der Waals surface area contributed by atoms with Gasteiger partial charge in [-0.3, -0.25) is 9.97 Å². The van der Waals surface area contributed by atoms with Crippen molar-refractivity contribution in [2.75, 3.05) is 0 Å². The molecule has 0 saturated heterocycles. The Hall–Kier alpha value is -2.50. The minimum atomic E-state index is 0.634. The average molecular weight is 254 g/mol. The zero-order chi connectivity index (χ0) is 13.2. The molecule has 0 aliphatic carbocycles. The van der Waals surface area contributed by atoms with E-state index in [9.17, 15) is 0 Å². The minimum absolute atomic E-state index is 0.634. The van der Waals surface area contributed by atoms with Crippen LogP contribution in [0.2, 0.25) is 0 Å². The number of nitrogens with one attached hydrogen (secondary N) is 1. The summed E-state index contributed by atoms with van der Waals surface area (Å²) in [6, 6.07) is 0. The molecule has 0 unspecified atom stereocenters. The lowest BCUT2D eigenvalue weighted by Crippen LogP contribution is -2.04. The minimum Gasteiger partial charge on any atom is -0.348 e. The van der Waals surface area contributed by atoms with E-state index in [0.29, 0.717) is 6.54 Å². The van der Waals surface area contributed by atoms with Crippen molar-refractivity contribution in [3.63, 3.8) is 0 Å². The molecule has 0 radical (unpaired) electrons. The third kappa shape index (κ3) is 2.24. The molecule has 6 nitrogen and oxygen atoms in total. The van der Waals surface area contributed by atoms with Crippen molar-refractivity contribution in [1.82, 2.24) is 29.5 Å². The summed E-state index contributed by atoms with van der Waals surface area (Å²) in [7, 11) is 0. The number of aromatic amines is 1. The smallest absolute Gasteiger partial charge is 0.160 e. The first-order valence-corrected chi connectivity index (χ1v) is 6.03. The molecule has 0 spiro atoms. The Balaban J connectivity index is 1.93. The highest BCUT2D eigenvalue weighted by Crippen LogP contribution is 2.18. The van der Waals surface area contributed by atoms with Gasteiger partial charge in [0.15, 0.2) is 5.82 Å². The fourth-order valence-electron chi connectivity index (χ4n) is 1.91. The zero-order valence-corrected chi connectivity index (χ0v) is 10.8. The Kier molecular flexibility index (Phi) is 2.83. The second-order valence-electron chi connectivity index (χ2n) is 4.40. The Bertz CT molecular complexity index is 679. The van der Waals surface area contributed by atoms with Gasteiger partial charge in [-0.15, -0.1) is 0 Å². The van der Waals surface area contributed by atoms with Crippen LogP contribution in [0, 0.1) is 13.8 Å². The summed E-state index contributed by atoms with van der Waals surface area (Å²) in [5, 5.41) is 0. The average Bonchev–Trinajstić information content (AvgIpc) is 3.01. The van der Waals surface area contributed by atoms with Gasteiger partial charge in [0.05, 0.1) is 30.5 Å². The molecular formula is C13H14N6. The molecule has 0 amide bonds. The van der Waals surface area contributed by atoms with Crippen molar-refractivity contribution in [3.05, 3.63) is 48.2 Å². The first kappa shape index (κ1) is 11.6. The van der Waals surface area contributed by atoms with Gasteiger partial charge in [-0.2, -0.15) is 0 Å². The Morgan fingerprint density at radius 3 is 2.68 bits per heavy atom. The molecule has 3 aromatic rings. The van der Waals surface area contributed by atoms with Gasteiger partial charge < -0.3 is 9.55 Å². The van der Waals surface area contributed by atoms with E-state index < -0.39 is 0 Å². The summed E-state index contributed by atoms with van der Waals surface area (Å²) >= 11 is 0. The monoisotopic (exact) mass is 254 g/mol. The van der Waals surface area contributed by atoms with E-state index in [4.69, 9.17) is 0 Å². The number of hydrogen-bond acceptors (Lipinski definition) is 4. The third-order valence-corrected chi connectivity index (χ3v) is 2.92. The Morgan fingerprint density at radius 2 is 2.00 bits per heavy atom. The SMILES string of the molecule is Cc1cnc(Cn2ccnc2-c2nc[nH]c2C)cn1. The molecule has 3 rings (SSSR count). The van der Waals surface area contributed by atoms with Crippen molar-refractivity contribution in [1.29, 1.82) is 0 Å². The summed E-state index contributed by atoms with van der Waals surface area (Å²) < 4.78 is 2.02. The Morgan fingerprint density at radius 1 is 1.11 bits per heavy atom. The number of aromatic nitrogens is 6. The standard InChI is InChI=1S/C13H14N6/c1-9-5-16-11(6-15-9)7-19-4-3-14-13(19)12-10(2)17-8-18-12/h3-6,8H,7H2,1-2H3,(H,17,18). The molecule has 0 saturated carbocycles. The predicted octanol–water partition coefficient (Wildman–Crippen LogP) is 1.73. The molecule has 0 aromatic carbocycles. The van der Waals surface area contributed by atoms with E-state index in [1.165, 1.54) is 0 Å². The summed E-state index contributed by atoms with van der Waals surface area (Å²) in [4.78, 5) is 20.3. The molecule has 19 heavy (non-hydrogen) atoms. The highest BCUT2D eigenvalue weighted by molar-refractivity contribution is 5.52. The second kappa shape index (κ2) is 4.64. The highest BCUT2D eigenvalue weighted by Gasteiger charge is 2.11. The maximum Gasteiger partial charge on any atom is 0.160 e. The third-order valence-electron chi connectivity index (χ3n) is 2.92. The van der Waals surface area contributed by atoms with Crippen molar-refractivity contribution < 1.29 is 0 Å². The van der Waals surface area contributed by atoms with Crippen LogP contribution in [0.25, 0.3) is 11.5 Å². The summed E-state index contributed by atoms with van der Waals surface area (Å²) in [5.74, 6) is 0.834. The molecule has 3 heterocycles. The molecule has 0 atom stereocenters. The maximum atomic E-state index is 4.37. The van der Waals surface area contributed by atoms with Gasteiger partial charge in [0.1, 0.15) is 5.69 Å². The van der Waals surface area contributed by atoms with Crippen LogP contribution >= 0.6 is 0 Å². The number of hydrogen-bond donors (Lipinski definition) is 1. The topological polar surface area (TPSA) is 72.3 Å². The van der Waals surface area contributed by atoms with Crippen LogP contribution in [0.4, 0.5) is 0 Å². The zero-order valence-electron chi connectivity index (χ0n) is 10.8. The quantitative estimate of drug-likeness (QED) is 0.772. The highest BCUT2D eigenvalue weighted by atomic mass is 15.1. The van der Waals surface area contributed by atoms with Crippen molar-refractivity contribution in [2.24, 2.45) is 0 Å². The predicted molar refractivity (Wildman–Crippen MR) is 70.4 cm³/mol. The van der Waals surface area contributed by atoms with E-state index in [1.54, 1.807) is 24.9 Å². The van der Waals surface area contributed by atoms with Crippen LogP contribution in [0.5, 0.6) is 0 Å². The molecule has 0 aliphatic heterocycles. The molecule has 96 valence electrons. The fraction of sp³-hybridized carbons (Fsp3) is 0.231. The maximum absolute atomic E-state index is 4.37. The lowest BCUT2D eigenvalue weighted by Gasteiger charge is -2.06. The largest absolute Gasteiger partial charge is 0.348 e. The van der Waals surface area contributed by atoms with Gasteiger partial charge in [-0.05, 0) is 13.8 Å². The lowest BCUT2D eigenvalue weighted by atomic mass is 10.3. The van der Waals surface area contributed by atoms with Crippen LogP contribution in [0.15, 0.2) is 31.1 Å².